The summed E-state index contributed by atoms with van der Waals surface area (Å²) < 4.78 is 6.11. The maximum absolute atomic E-state index is 11.6. The van der Waals surface area contributed by atoms with E-state index in [9.17, 15) is 4.79 Å². The molecule has 0 heterocycles. The summed E-state index contributed by atoms with van der Waals surface area (Å²) in [6, 6.07) is 0. The van der Waals surface area contributed by atoms with Crippen molar-refractivity contribution in [2.24, 2.45) is 0 Å². The van der Waals surface area contributed by atoms with Crippen molar-refractivity contribution in [1.82, 2.24) is 0 Å². The Balaban J connectivity index is -0.00000312. The van der Waals surface area contributed by atoms with Gasteiger partial charge in [0.2, 0.25) is 0 Å². The van der Waals surface area contributed by atoms with Gasteiger partial charge in [-0.05, 0) is 32.1 Å². The molecule has 3 nitrogen and oxygen atoms in total. The number of likely N-dealkylation sites (N-methyl/N-ethyl adjacent to an activating group) is 1. The highest BCUT2D eigenvalue weighted by Gasteiger charge is 2.09. The van der Waals surface area contributed by atoms with Gasteiger partial charge in [0.05, 0.1) is 21.1 Å². The first-order valence-corrected chi connectivity index (χ1v) is 11.1. The molecule has 0 aliphatic rings. The van der Waals surface area contributed by atoms with Crippen LogP contribution in [-0.4, -0.2) is 44.7 Å². The molecule has 0 aromatic rings. The third-order valence-corrected chi connectivity index (χ3v) is 4.67. The molecule has 0 aromatic carbocycles. The number of carbonyl (C=O) groups excluding carboxylic acids is 1. The highest BCUT2D eigenvalue weighted by Crippen LogP contribution is 2.10. The quantitative estimate of drug-likeness (QED) is 0.141. The monoisotopic (exact) mass is 439 g/mol. The fourth-order valence-corrected chi connectivity index (χ4v) is 2.85. The van der Waals surface area contributed by atoms with E-state index in [0.717, 1.165) is 23.9 Å². The summed E-state index contributed by atoms with van der Waals surface area (Å²) in [4.78, 5) is 11.6. The molecule has 0 radical (unpaired) electrons. The van der Waals surface area contributed by atoms with Gasteiger partial charge in [0.15, 0.2) is 0 Å². The van der Waals surface area contributed by atoms with Gasteiger partial charge in [-0.1, -0.05) is 70.4 Å². The van der Waals surface area contributed by atoms with Crippen LogP contribution in [-0.2, 0) is 9.53 Å². The molecule has 0 spiro atoms. The van der Waals surface area contributed by atoms with Gasteiger partial charge in [0.25, 0.3) is 0 Å². The molecule has 0 aliphatic heterocycles. The van der Waals surface area contributed by atoms with Crippen molar-refractivity contribution in [1.29, 1.82) is 0 Å². The predicted octanol–water partition coefficient (Wildman–Crippen LogP) is 3.70. The number of carbonyl (C=O) groups is 1. The number of halogens is 2. The smallest absolute Gasteiger partial charge is 0.305 e. The molecular formula is C23H47Cl2NO2. The average molecular weight is 441 g/mol. The van der Waals surface area contributed by atoms with Gasteiger partial charge in [-0.15, -0.1) is 12.4 Å². The molecule has 0 aromatic heterocycles. The summed E-state index contributed by atoms with van der Waals surface area (Å²) in [6.45, 7) is 3.68. The summed E-state index contributed by atoms with van der Waals surface area (Å²) in [5, 5.41) is 0. The summed E-state index contributed by atoms with van der Waals surface area (Å²) in [5.41, 5.74) is 0. The third-order valence-electron chi connectivity index (χ3n) is 4.67. The number of esters is 1. The second-order valence-corrected chi connectivity index (χ2v) is 8.57. The first-order chi connectivity index (χ1) is 12.5. The Morgan fingerprint density at radius 3 is 1.75 bits per heavy atom. The lowest BCUT2D eigenvalue weighted by Crippen LogP contribution is -3.00. The van der Waals surface area contributed by atoms with Crippen molar-refractivity contribution in [3.8, 4) is 0 Å². The molecule has 0 atom stereocenters. The predicted molar refractivity (Wildman–Crippen MR) is 121 cm³/mol. The zero-order valence-corrected chi connectivity index (χ0v) is 20.6. The third kappa shape index (κ3) is 28.0. The number of hydrogen-bond acceptors (Lipinski definition) is 2. The number of allylic oxidation sites excluding steroid dienone is 2. The Bertz CT molecular complexity index is 355. The lowest BCUT2D eigenvalue weighted by molar-refractivity contribution is -0.870. The van der Waals surface area contributed by atoms with Gasteiger partial charge < -0.3 is 21.6 Å². The summed E-state index contributed by atoms with van der Waals surface area (Å²) in [6.07, 6.45) is 22.0. The van der Waals surface area contributed by atoms with Crippen LogP contribution in [0.15, 0.2) is 12.2 Å². The average Bonchev–Trinajstić information content (AvgIpc) is 2.57. The van der Waals surface area contributed by atoms with E-state index in [1.165, 1.54) is 70.6 Å². The van der Waals surface area contributed by atoms with Gasteiger partial charge >= 0.3 is 5.97 Å². The Morgan fingerprint density at radius 1 is 0.786 bits per heavy atom. The van der Waals surface area contributed by atoms with E-state index < -0.39 is 0 Å². The van der Waals surface area contributed by atoms with Crippen LogP contribution >= 0.6 is 12.4 Å². The summed E-state index contributed by atoms with van der Waals surface area (Å²) in [7, 11) is 6.33. The molecule has 0 fully saturated rings. The number of ether oxygens (including phenoxy) is 1. The Kier molecular flexibility index (Phi) is 26.7. The van der Waals surface area contributed by atoms with Gasteiger partial charge in [-0.3, -0.25) is 4.79 Å². The minimum Gasteiger partial charge on any atom is -1.00 e. The van der Waals surface area contributed by atoms with E-state index in [-0.39, 0.29) is 30.8 Å². The van der Waals surface area contributed by atoms with E-state index >= 15 is 0 Å². The maximum atomic E-state index is 11.6. The van der Waals surface area contributed by atoms with Gasteiger partial charge in [0, 0.05) is 6.42 Å². The topological polar surface area (TPSA) is 26.3 Å². The minimum atomic E-state index is -0.0314. The van der Waals surface area contributed by atoms with E-state index in [1.54, 1.807) is 0 Å². The Hall–Kier alpha value is -0.250. The van der Waals surface area contributed by atoms with Crippen LogP contribution in [0.2, 0.25) is 0 Å². The molecule has 5 heteroatoms. The molecule has 170 valence electrons. The largest absolute Gasteiger partial charge is 1.00 e. The second-order valence-electron chi connectivity index (χ2n) is 8.57. The number of rotatable bonds is 18. The number of unbranched alkanes of at least 4 members (excludes halogenated alkanes) is 11. The molecule has 0 aliphatic carbocycles. The normalized spacial score (nSPS) is 11.1. The highest BCUT2D eigenvalue weighted by molar-refractivity contribution is 5.85. The van der Waals surface area contributed by atoms with E-state index in [4.69, 9.17) is 4.74 Å². The lowest BCUT2D eigenvalue weighted by atomic mass is 10.1. The van der Waals surface area contributed by atoms with Gasteiger partial charge in [-0.2, -0.15) is 0 Å². The molecule has 28 heavy (non-hydrogen) atoms. The molecule has 0 N–H and O–H groups in total. The summed E-state index contributed by atoms with van der Waals surface area (Å²) in [5.74, 6) is -0.0314. The van der Waals surface area contributed by atoms with Crippen molar-refractivity contribution in [3.63, 3.8) is 0 Å². The van der Waals surface area contributed by atoms with Crippen LogP contribution in [0.3, 0.4) is 0 Å². The molecular weight excluding hydrogens is 393 g/mol. The minimum absolute atomic E-state index is 0. The number of nitrogens with zero attached hydrogens (tertiary/aromatic N) is 1. The number of quaternary nitrogens is 1. The zero-order chi connectivity index (χ0) is 19.5. The standard InChI is InChI=1S/C23H46NO2.2ClH/c1-5-6-7-8-9-10-11-12-13-14-15-16-17-18-19-20-23(25)26-22-21-24(2,3)4;;/h12-13H,5-11,14-22H2,1-4H3;2*1H/q+1;;/p-1/b13-12-;;. The fourth-order valence-electron chi connectivity index (χ4n) is 2.85. The van der Waals surface area contributed by atoms with Crippen molar-refractivity contribution in [2.45, 2.75) is 96.8 Å². The van der Waals surface area contributed by atoms with Crippen LogP contribution in [0.1, 0.15) is 96.8 Å². The molecule has 0 amide bonds. The number of hydrogen-bond donors (Lipinski definition) is 0. The van der Waals surface area contributed by atoms with Crippen molar-refractivity contribution < 1.29 is 26.4 Å². The molecule has 0 saturated carbocycles. The van der Waals surface area contributed by atoms with Crippen LogP contribution < -0.4 is 12.4 Å². The SMILES string of the molecule is CCCCCCCC/C=C\CCCCCCCC(=O)OCC[N+](C)(C)C.Cl.[Cl-]. The lowest BCUT2D eigenvalue weighted by Gasteiger charge is -2.23. The van der Waals surface area contributed by atoms with Gasteiger partial charge in [0.1, 0.15) is 13.2 Å². The van der Waals surface area contributed by atoms with Crippen LogP contribution in [0, 0.1) is 0 Å². The molecule has 0 unspecified atom stereocenters. The van der Waals surface area contributed by atoms with Crippen LogP contribution in [0.5, 0.6) is 0 Å². The zero-order valence-electron chi connectivity index (χ0n) is 19.0. The van der Waals surface area contributed by atoms with Crippen molar-refractivity contribution >= 4 is 18.4 Å². The highest BCUT2D eigenvalue weighted by atomic mass is 35.5. The maximum Gasteiger partial charge on any atom is 0.305 e. The summed E-state index contributed by atoms with van der Waals surface area (Å²) >= 11 is 0. The fraction of sp³-hybridized carbons (Fsp3) is 0.870. The Labute approximate surface area is 188 Å². The van der Waals surface area contributed by atoms with E-state index in [2.05, 4.69) is 40.2 Å². The van der Waals surface area contributed by atoms with Crippen LogP contribution in [0.25, 0.3) is 0 Å². The van der Waals surface area contributed by atoms with Crippen molar-refractivity contribution in [2.75, 3.05) is 34.3 Å². The molecule has 0 bridgehead atoms. The molecule has 0 rings (SSSR count). The van der Waals surface area contributed by atoms with E-state index in [1.807, 2.05) is 0 Å². The van der Waals surface area contributed by atoms with Gasteiger partial charge in [-0.25, -0.2) is 0 Å². The van der Waals surface area contributed by atoms with Crippen LogP contribution in [0.4, 0.5) is 0 Å². The van der Waals surface area contributed by atoms with Crippen molar-refractivity contribution in [3.05, 3.63) is 12.2 Å². The van der Waals surface area contributed by atoms with E-state index in [0.29, 0.717) is 13.0 Å². The first-order valence-electron chi connectivity index (χ1n) is 11.1. The second kappa shape index (κ2) is 23.0. The molecule has 0 saturated heterocycles. The Morgan fingerprint density at radius 2 is 1.25 bits per heavy atom. The first kappa shape index (κ1) is 32.4.